The van der Waals surface area contributed by atoms with Crippen molar-refractivity contribution < 1.29 is 0 Å². The molecule has 2 N–H and O–H groups in total. The van der Waals surface area contributed by atoms with Crippen molar-refractivity contribution in [3.8, 4) is 6.07 Å². The highest BCUT2D eigenvalue weighted by Crippen LogP contribution is 2.17. The van der Waals surface area contributed by atoms with E-state index < -0.39 is 0 Å². The maximum absolute atomic E-state index is 9.31. The van der Waals surface area contributed by atoms with Crippen LogP contribution in [0.2, 0.25) is 0 Å². The van der Waals surface area contributed by atoms with Gasteiger partial charge in [-0.3, -0.25) is 0 Å². The summed E-state index contributed by atoms with van der Waals surface area (Å²) in [7, 11) is 5.49. The van der Waals surface area contributed by atoms with Crippen LogP contribution < -0.4 is 10.6 Å². The molecule has 2 rings (SSSR count). The number of hydrogen-bond acceptors (Lipinski definition) is 6. The van der Waals surface area contributed by atoms with Crippen LogP contribution in [-0.4, -0.2) is 33.6 Å². The second-order valence-electron chi connectivity index (χ2n) is 4.43. The second-order valence-corrected chi connectivity index (χ2v) is 4.43. The molecular formula is C13H15N7. The molecule has 102 valence electrons. The van der Waals surface area contributed by atoms with Crippen molar-refractivity contribution in [2.75, 3.05) is 24.7 Å². The molecule has 0 atom stereocenters. The molecule has 7 heteroatoms. The third kappa shape index (κ3) is 2.75. The number of nitrogens with zero attached hydrogens (tertiary/aromatic N) is 6. The lowest BCUT2D eigenvalue weighted by atomic mass is 10.2. The van der Waals surface area contributed by atoms with Crippen LogP contribution in [0.1, 0.15) is 11.5 Å². The standard InChI is InChI=1S/C13H15N7/c1-19(2)13-17-11(16-12(15)18-13)9(8-14)7-10-5-4-6-20(10)3/h4-7H,1-3H3,(H2,15,16,17,18)/b9-7+. The molecule has 0 bridgehead atoms. The molecule has 0 aliphatic rings. The van der Waals surface area contributed by atoms with Gasteiger partial charge in [-0.2, -0.15) is 20.2 Å². The summed E-state index contributed by atoms with van der Waals surface area (Å²) in [6.07, 6.45) is 3.61. The maximum Gasteiger partial charge on any atom is 0.230 e. The Labute approximate surface area is 117 Å². The van der Waals surface area contributed by atoms with Crippen molar-refractivity contribution >= 4 is 23.5 Å². The molecule has 2 aromatic heterocycles. The Kier molecular flexibility index (Phi) is 3.66. The fourth-order valence-corrected chi connectivity index (χ4v) is 1.62. The Hall–Kier alpha value is -2.88. The van der Waals surface area contributed by atoms with Gasteiger partial charge < -0.3 is 15.2 Å². The van der Waals surface area contributed by atoms with Crippen LogP contribution >= 0.6 is 0 Å². The van der Waals surface area contributed by atoms with E-state index in [9.17, 15) is 5.26 Å². The molecule has 2 heterocycles. The normalized spacial score (nSPS) is 11.2. The van der Waals surface area contributed by atoms with E-state index in [1.54, 1.807) is 25.1 Å². The van der Waals surface area contributed by atoms with Crippen LogP contribution in [0.3, 0.4) is 0 Å². The predicted molar refractivity (Wildman–Crippen MR) is 77.5 cm³/mol. The largest absolute Gasteiger partial charge is 0.368 e. The summed E-state index contributed by atoms with van der Waals surface area (Å²) in [5, 5.41) is 9.31. The Morgan fingerprint density at radius 2 is 2.15 bits per heavy atom. The number of anilines is 2. The van der Waals surface area contributed by atoms with Crippen molar-refractivity contribution in [1.82, 2.24) is 19.5 Å². The van der Waals surface area contributed by atoms with Crippen molar-refractivity contribution in [2.24, 2.45) is 7.05 Å². The lowest BCUT2D eigenvalue weighted by Gasteiger charge is -2.11. The molecule has 7 nitrogen and oxygen atoms in total. The van der Waals surface area contributed by atoms with E-state index in [0.717, 1.165) is 5.69 Å². The van der Waals surface area contributed by atoms with Gasteiger partial charge in [0.05, 0.1) is 5.57 Å². The number of aryl methyl sites for hydroxylation is 1. The number of allylic oxidation sites excluding steroid dienone is 1. The minimum Gasteiger partial charge on any atom is -0.368 e. The highest BCUT2D eigenvalue weighted by molar-refractivity contribution is 5.86. The first-order valence-corrected chi connectivity index (χ1v) is 5.93. The number of aromatic nitrogens is 4. The van der Waals surface area contributed by atoms with Crippen LogP contribution in [0, 0.1) is 11.3 Å². The van der Waals surface area contributed by atoms with E-state index in [1.165, 1.54) is 0 Å². The van der Waals surface area contributed by atoms with Gasteiger partial charge in [-0.1, -0.05) is 0 Å². The van der Waals surface area contributed by atoms with Crippen LogP contribution in [0.25, 0.3) is 11.6 Å². The van der Waals surface area contributed by atoms with E-state index in [1.807, 2.05) is 29.9 Å². The van der Waals surface area contributed by atoms with E-state index in [-0.39, 0.29) is 11.8 Å². The van der Waals surface area contributed by atoms with Crippen molar-refractivity contribution in [1.29, 1.82) is 5.26 Å². The molecule has 20 heavy (non-hydrogen) atoms. The van der Waals surface area contributed by atoms with E-state index in [2.05, 4.69) is 21.0 Å². The van der Waals surface area contributed by atoms with Crippen molar-refractivity contribution in [3.05, 3.63) is 29.8 Å². The Morgan fingerprint density at radius 3 is 2.70 bits per heavy atom. The van der Waals surface area contributed by atoms with Gasteiger partial charge >= 0.3 is 0 Å². The smallest absolute Gasteiger partial charge is 0.230 e. The van der Waals surface area contributed by atoms with Gasteiger partial charge in [0.2, 0.25) is 11.9 Å². The zero-order chi connectivity index (χ0) is 14.7. The molecule has 0 radical (unpaired) electrons. The molecule has 0 saturated carbocycles. The highest BCUT2D eigenvalue weighted by atomic mass is 15.3. The zero-order valence-corrected chi connectivity index (χ0v) is 11.6. The second kappa shape index (κ2) is 5.40. The zero-order valence-electron chi connectivity index (χ0n) is 11.6. The molecule has 0 amide bonds. The summed E-state index contributed by atoms with van der Waals surface area (Å²) in [6.45, 7) is 0. The minimum absolute atomic E-state index is 0.0896. The summed E-state index contributed by atoms with van der Waals surface area (Å²) in [5.74, 6) is 0.775. The van der Waals surface area contributed by atoms with Crippen LogP contribution in [0.5, 0.6) is 0 Å². The number of nitrogens with two attached hydrogens (primary N) is 1. The minimum atomic E-state index is 0.0896. The van der Waals surface area contributed by atoms with Gasteiger partial charge in [0.25, 0.3) is 0 Å². The van der Waals surface area contributed by atoms with Crippen molar-refractivity contribution in [2.45, 2.75) is 0 Å². The molecule has 0 aliphatic carbocycles. The summed E-state index contributed by atoms with van der Waals surface area (Å²) in [5.41, 5.74) is 6.88. The number of nitrogen functional groups attached to an aromatic ring is 1. The topological polar surface area (TPSA) is 96.7 Å². The molecular weight excluding hydrogens is 254 g/mol. The monoisotopic (exact) mass is 269 g/mol. The first kappa shape index (κ1) is 13.5. The average molecular weight is 269 g/mol. The predicted octanol–water partition coefficient (Wildman–Crippen LogP) is 0.922. The molecule has 0 unspecified atom stereocenters. The average Bonchev–Trinajstić information content (AvgIpc) is 2.80. The third-order valence-electron chi connectivity index (χ3n) is 2.68. The van der Waals surface area contributed by atoms with Gasteiger partial charge in [-0.05, 0) is 18.2 Å². The molecule has 0 spiro atoms. The van der Waals surface area contributed by atoms with Gasteiger partial charge in [-0.15, -0.1) is 0 Å². The van der Waals surface area contributed by atoms with Gasteiger partial charge in [-0.25, -0.2) is 0 Å². The molecule has 0 saturated heterocycles. The number of nitriles is 1. The van der Waals surface area contributed by atoms with Crippen molar-refractivity contribution in [3.63, 3.8) is 0 Å². The molecule has 0 aliphatic heterocycles. The lowest BCUT2D eigenvalue weighted by Crippen LogP contribution is -2.15. The summed E-state index contributed by atoms with van der Waals surface area (Å²) < 4.78 is 1.90. The van der Waals surface area contributed by atoms with Gasteiger partial charge in [0, 0.05) is 33.0 Å². The molecule has 0 aromatic carbocycles. The van der Waals surface area contributed by atoms with Gasteiger partial charge in [0.1, 0.15) is 6.07 Å². The van der Waals surface area contributed by atoms with Gasteiger partial charge in [0.15, 0.2) is 5.82 Å². The fourth-order valence-electron chi connectivity index (χ4n) is 1.62. The van der Waals surface area contributed by atoms with Crippen LogP contribution in [0.15, 0.2) is 18.3 Å². The Bertz CT molecular complexity index is 691. The first-order chi connectivity index (χ1) is 9.51. The molecule has 2 aromatic rings. The third-order valence-corrected chi connectivity index (χ3v) is 2.68. The summed E-state index contributed by atoms with van der Waals surface area (Å²) in [4.78, 5) is 14.0. The lowest BCUT2D eigenvalue weighted by molar-refractivity contribution is 0.914. The van der Waals surface area contributed by atoms with E-state index in [4.69, 9.17) is 5.73 Å². The Balaban J connectivity index is 2.51. The maximum atomic E-state index is 9.31. The summed E-state index contributed by atoms with van der Waals surface area (Å²) >= 11 is 0. The fraction of sp³-hybridized carbons (Fsp3) is 0.231. The van der Waals surface area contributed by atoms with Crippen LogP contribution in [-0.2, 0) is 7.05 Å². The van der Waals surface area contributed by atoms with Crippen LogP contribution in [0.4, 0.5) is 11.9 Å². The SMILES string of the molecule is CN(C)c1nc(N)nc(/C(C#N)=C/c2cccn2C)n1. The molecule has 0 fully saturated rings. The van der Waals surface area contributed by atoms with E-state index >= 15 is 0 Å². The highest BCUT2D eigenvalue weighted by Gasteiger charge is 2.11. The Morgan fingerprint density at radius 1 is 1.40 bits per heavy atom. The van der Waals surface area contributed by atoms with E-state index in [0.29, 0.717) is 11.5 Å². The quantitative estimate of drug-likeness (QED) is 0.832. The first-order valence-electron chi connectivity index (χ1n) is 5.93. The number of hydrogen-bond donors (Lipinski definition) is 1. The summed E-state index contributed by atoms with van der Waals surface area (Å²) in [6, 6.07) is 5.89. The number of rotatable bonds is 3.